The zero-order valence-electron chi connectivity index (χ0n) is 8.20. The minimum absolute atomic E-state index is 0.125. The summed E-state index contributed by atoms with van der Waals surface area (Å²) in [4.78, 5) is 0. The van der Waals surface area contributed by atoms with Crippen molar-refractivity contribution >= 4 is 0 Å². The Balaban J connectivity index is 3.03. The largest absolute Gasteiger partial charge is 0.384 e. The number of nitrogens with two attached hydrogens (primary N) is 1. The van der Waals surface area contributed by atoms with Gasteiger partial charge in [-0.25, -0.2) is 0 Å². The Morgan fingerprint density at radius 2 is 1.85 bits per heavy atom. The quantitative estimate of drug-likeness (QED) is 0.738. The summed E-state index contributed by atoms with van der Waals surface area (Å²) in [7, 11) is 0. The second kappa shape index (κ2) is 3.90. The van der Waals surface area contributed by atoms with E-state index >= 15 is 0 Å². The van der Waals surface area contributed by atoms with Crippen LogP contribution in [0.5, 0.6) is 0 Å². The number of hydrogen-bond acceptors (Lipinski definition) is 2. The molecular weight excluding hydrogens is 162 g/mol. The minimum atomic E-state index is -0.888. The van der Waals surface area contributed by atoms with Gasteiger partial charge in [-0.3, -0.25) is 0 Å². The van der Waals surface area contributed by atoms with E-state index in [4.69, 9.17) is 5.73 Å². The van der Waals surface area contributed by atoms with Gasteiger partial charge in [-0.05, 0) is 11.5 Å². The van der Waals surface area contributed by atoms with Crippen LogP contribution in [0.15, 0.2) is 30.3 Å². The summed E-state index contributed by atoms with van der Waals surface area (Å²) >= 11 is 0. The molecule has 0 saturated carbocycles. The van der Waals surface area contributed by atoms with Crippen molar-refractivity contribution in [3.05, 3.63) is 35.9 Å². The van der Waals surface area contributed by atoms with E-state index in [1.165, 1.54) is 0 Å². The Bertz CT molecular complexity index is 258. The van der Waals surface area contributed by atoms with Crippen LogP contribution in [0, 0.1) is 5.92 Å². The van der Waals surface area contributed by atoms with Gasteiger partial charge in [-0.2, -0.15) is 0 Å². The molecule has 1 atom stereocenters. The second-order valence-corrected chi connectivity index (χ2v) is 3.65. The van der Waals surface area contributed by atoms with Crippen LogP contribution in [0.25, 0.3) is 0 Å². The average molecular weight is 179 g/mol. The van der Waals surface area contributed by atoms with E-state index < -0.39 is 5.60 Å². The fourth-order valence-electron chi connectivity index (χ4n) is 1.41. The van der Waals surface area contributed by atoms with E-state index in [0.29, 0.717) is 0 Å². The predicted octanol–water partition coefficient (Wildman–Crippen LogP) is 1.49. The molecule has 0 aromatic heterocycles. The lowest BCUT2D eigenvalue weighted by Gasteiger charge is -2.31. The number of rotatable bonds is 3. The summed E-state index contributed by atoms with van der Waals surface area (Å²) in [6.07, 6.45) is 0. The SMILES string of the molecule is CC(C)C(O)(CN)c1ccccc1. The fraction of sp³-hybridized carbons (Fsp3) is 0.455. The molecule has 0 amide bonds. The summed E-state index contributed by atoms with van der Waals surface area (Å²) in [5.41, 5.74) is 5.60. The Morgan fingerprint density at radius 3 is 2.23 bits per heavy atom. The van der Waals surface area contributed by atoms with Crippen molar-refractivity contribution in [2.45, 2.75) is 19.4 Å². The summed E-state index contributed by atoms with van der Waals surface area (Å²) in [5.74, 6) is 0.125. The number of aliphatic hydroxyl groups is 1. The van der Waals surface area contributed by atoms with Gasteiger partial charge in [0.2, 0.25) is 0 Å². The topological polar surface area (TPSA) is 46.2 Å². The Hall–Kier alpha value is -0.860. The summed E-state index contributed by atoms with van der Waals surface area (Å²) in [6.45, 7) is 4.20. The molecule has 13 heavy (non-hydrogen) atoms. The van der Waals surface area contributed by atoms with Gasteiger partial charge in [0.15, 0.2) is 0 Å². The van der Waals surface area contributed by atoms with E-state index in [2.05, 4.69) is 0 Å². The zero-order chi connectivity index (χ0) is 9.90. The molecule has 2 heteroatoms. The van der Waals surface area contributed by atoms with Crippen molar-refractivity contribution in [3.63, 3.8) is 0 Å². The van der Waals surface area contributed by atoms with Crippen LogP contribution >= 0.6 is 0 Å². The van der Waals surface area contributed by atoms with Gasteiger partial charge < -0.3 is 10.8 Å². The lowest BCUT2D eigenvalue weighted by Crippen LogP contribution is -2.39. The van der Waals surface area contributed by atoms with Crippen LogP contribution in [0.4, 0.5) is 0 Å². The first-order valence-corrected chi connectivity index (χ1v) is 4.59. The third kappa shape index (κ3) is 1.90. The molecule has 0 aliphatic heterocycles. The van der Waals surface area contributed by atoms with E-state index in [0.717, 1.165) is 5.56 Å². The second-order valence-electron chi connectivity index (χ2n) is 3.65. The smallest absolute Gasteiger partial charge is 0.104 e. The molecule has 1 unspecified atom stereocenters. The highest BCUT2D eigenvalue weighted by molar-refractivity contribution is 5.23. The van der Waals surface area contributed by atoms with Crippen molar-refractivity contribution in [3.8, 4) is 0 Å². The maximum absolute atomic E-state index is 10.2. The monoisotopic (exact) mass is 179 g/mol. The van der Waals surface area contributed by atoms with E-state index in [1.807, 2.05) is 44.2 Å². The van der Waals surface area contributed by atoms with Gasteiger partial charge in [0.1, 0.15) is 5.60 Å². The highest BCUT2D eigenvalue weighted by atomic mass is 16.3. The lowest BCUT2D eigenvalue weighted by atomic mass is 9.83. The maximum Gasteiger partial charge on any atom is 0.104 e. The van der Waals surface area contributed by atoms with Crippen LogP contribution in [-0.4, -0.2) is 11.7 Å². The van der Waals surface area contributed by atoms with Crippen molar-refractivity contribution in [1.29, 1.82) is 0 Å². The third-order valence-electron chi connectivity index (χ3n) is 2.54. The van der Waals surface area contributed by atoms with Gasteiger partial charge in [0.25, 0.3) is 0 Å². The van der Waals surface area contributed by atoms with Gasteiger partial charge >= 0.3 is 0 Å². The molecule has 1 aromatic carbocycles. The van der Waals surface area contributed by atoms with Crippen LogP contribution in [0.3, 0.4) is 0 Å². The molecule has 0 bridgehead atoms. The molecule has 0 heterocycles. The first-order chi connectivity index (χ1) is 6.11. The van der Waals surface area contributed by atoms with Crippen molar-refractivity contribution < 1.29 is 5.11 Å². The molecule has 1 rings (SSSR count). The Morgan fingerprint density at radius 1 is 1.31 bits per heavy atom. The molecular formula is C11H17NO. The number of hydrogen-bond donors (Lipinski definition) is 2. The Kier molecular flexibility index (Phi) is 3.07. The van der Waals surface area contributed by atoms with Crippen LogP contribution in [0.1, 0.15) is 19.4 Å². The molecule has 1 aromatic rings. The van der Waals surface area contributed by atoms with Gasteiger partial charge in [-0.1, -0.05) is 44.2 Å². The molecule has 0 saturated heterocycles. The number of benzene rings is 1. The van der Waals surface area contributed by atoms with Crippen LogP contribution in [-0.2, 0) is 5.60 Å². The van der Waals surface area contributed by atoms with Crippen LogP contribution in [0.2, 0.25) is 0 Å². The molecule has 0 aliphatic rings. The van der Waals surface area contributed by atoms with Gasteiger partial charge in [0, 0.05) is 6.54 Å². The van der Waals surface area contributed by atoms with E-state index in [1.54, 1.807) is 0 Å². The summed E-state index contributed by atoms with van der Waals surface area (Å²) in [6, 6.07) is 9.58. The maximum atomic E-state index is 10.2. The molecule has 0 spiro atoms. The zero-order valence-corrected chi connectivity index (χ0v) is 8.20. The first-order valence-electron chi connectivity index (χ1n) is 4.59. The highest BCUT2D eigenvalue weighted by Crippen LogP contribution is 2.27. The van der Waals surface area contributed by atoms with Crippen molar-refractivity contribution in [1.82, 2.24) is 0 Å². The molecule has 0 aliphatic carbocycles. The molecule has 0 radical (unpaired) electrons. The molecule has 2 nitrogen and oxygen atoms in total. The Labute approximate surface area is 79.4 Å². The van der Waals surface area contributed by atoms with Crippen molar-refractivity contribution in [2.24, 2.45) is 11.7 Å². The van der Waals surface area contributed by atoms with E-state index in [-0.39, 0.29) is 12.5 Å². The molecule has 3 N–H and O–H groups in total. The third-order valence-corrected chi connectivity index (χ3v) is 2.54. The molecule has 0 fully saturated rings. The lowest BCUT2D eigenvalue weighted by molar-refractivity contribution is -0.00113. The highest BCUT2D eigenvalue weighted by Gasteiger charge is 2.30. The summed E-state index contributed by atoms with van der Waals surface area (Å²) < 4.78 is 0. The average Bonchev–Trinajstić information content (AvgIpc) is 2.17. The van der Waals surface area contributed by atoms with Gasteiger partial charge in [-0.15, -0.1) is 0 Å². The van der Waals surface area contributed by atoms with Crippen LogP contribution < -0.4 is 5.73 Å². The normalized spacial score (nSPS) is 15.8. The summed E-state index contributed by atoms with van der Waals surface area (Å²) in [5, 5.41) is 10.2. The van der Waals surface area contributed by atoms with E-state index in [9.17, 15) is 5.11 Å². The standard InChI is InChI=1S/C11H17NO/c1-9(2)11(13,8-12)10-6-4-3-5-7-10/h3-7,9,13H,8,12H2,1-2H3. The molecule has 72 valence electrons. The predicted molar refractivity (Wildman–Crippen MR) is 54.2 cm³/mol. The minimum Gasteiger partial charge on any atom is -0.384 e. The first kappa shape index (κ1) is 10.2. The van der Waals surface area contributed by atoms with Gasteiger partial charge in [0.05, 0.1) is 0 Å². The fourth-order valence-corrected chi connectivity index (χ4v) is 1.41. The van der Waals surface area contributed by atoms with Crippen molar-refractivity contribution in [2.75, 3.05) is 6.54 Å².